The molecule has 1 atom stereocenters. The first-order valence-corrected chi connectivity index (χ1v) is 7.35. The van der Waals surface area contributed by atoms with Gasteiger partial charge in [0.05, 0.1) is 0 Å². The highest BCUT2D eigenvalue weighted by atomic mass is 32.2. The fourth-order valence-electron chi connectivity index (χ4n) is 2.43. The number of likely N-dealkylation sites (tertiary alicyclic amines) is 1. The standard InChI is InChI=1S/C15H19NO2S/c1-10-4-5-13(11(2)6-10)8-16-9-14(7-15(16)18)19-12(3)17/h4-6,14H,7-9H2,1-3H3. The van der Waals surface area contributed by atoms with Gasteiger partial charge in [0.2, 0.25) is 5.91 Å². The third-order valence-corrected chi connectivity index (χ3v) is 4.35. The topological polar surface area (TPSA) is 37.4 Å². The van der Waals surface area contributed by atoms with Crippen LogP contribution in [-0.4, -0.2) is 27.7 Å². The largest absolute Gasteiger partial charge is 0.337 e. The summed E-state index contributed by atoms with van der Waals surface area (Å²) in [5.74, 6) is 0.152. The zero-order valence-electron chi connectivity index (χ0n) is 11.6. The van der Waals surface area contributed by atoms with E-state index in [1.165, 1.54) is 28.5 Å². The molecule has 1 aliphatic heterocycles. The second-order valence-corrected chi connectivity index (χ2v) is 6.62. The minimum Gasteiger partial charge on any atom is -0.337 e. The van der Waals surface area contributed by atoms with Gasteiger partial charge in [-0.15, -0.1) is 0 Å². The van der Waals surface area contributed by atoms with Crippen LogP contribution in [0.25, 0.3) is 0 Å². The van der Waals surface area contributed by atoms with Gasteiger partial charge in [0.15, 0.2) is 5.12 Å². The molecule has 102 valence electrons. The molecule has 0 spiro atoms. The summed E-state index contributed by atoms with van der Waals surface area (Å²) in [7, 11) is 0. The fraction of sp³-hybridized carbons (Fsp3) is 0.467. The molecule has 1 saturated heterocycles. The van der Waals surface area contributed by atoms with Crippen LogP contribution in [0.2, 0.25) is 0 Å². The highest BCUT2D eigenvalue weighted by Crippen LogP contribution is 2.26. The molecule has 1 aromatic carbocycles. The monoisotopic (exact) mass is 277 g/mol. The Morgan fingerprint density at radius 2 is 2.16 bits per heavy atom. The second-order valence-electron chi connectivity index (χ2n) is 5.14. The van der Waals surface area contributed by atoms with E-state index in [2.05, 4.69) is 32.0 Å². The molecular formula is C15H19NO2S. The minimum absolute atomic E-state index is 0.0890. The van der Waals surface area contributed by atoms with Crippen molar-refractivity contribution in [2.75, 3.05) is 6.54 Å². The molecule has 0 aromatic heterocycles. The number of aryl methyl sites for hydroxylation is 2. The summed E-state index contributed by atoms with van der Waals surface area (Å²) in [5.41, 5.74) is 3.64. The van der Waals surface area contributed by atoms with Gasteiger partial charge in [-0.05, 0) is 25.0 Å². The Bertz CT molecular complexity index is 513. The fourth-order valence-corrected chi connectivity index (χ4v) is 3.38. The van der Waals surface area contributed by atoms with Crippen molar-refractivity contribution in [1.29, 1.82) is 0 Å². The molecule has 2 rings (SSSR count). The molecule has 4 heteroatoms. The number of carbonyl (C=O) groups excluding carboxylic acids is 2. The summed E-state index contributed by atoms with van der Waals surface area (Å²) in [4.78, 5) is 24.9. The first kappa shape index (κ1) is 14.1. The molecule has 0 N–H and O–H groups in total. The van der Waals surface area contributed by atoms with Crippen molar-refractivity contribution in [3.05, 3.63) is 34.9 Å². The second kappa shape index (κ2) is 5.78. The Morgan fingerprint density at radius 3 is 2.79 bits per heavy atom. The predicted octanol–water partition coefficient (Wildman–Crippen LogP) is 2.68. The SMILES string of the molecule is CC(=O)SC1CC(=O)N(Cc2ccc(C)cc2C)C1. The van der Waals surface area contributed by atoms with Crippen LogP contribution >= 0.6 is 11.8 Å². The van der Waals surface area contributed by atoms with Crippen molar-refractivity contribution >= 4 is 22.8 Å². The average molecular weight is 277 g/mol. The van der Waals surface area contributed by atoms with Gasteiger partial charge in [-0.1, -0.05) is 35.5 Å². The van der Waals surface area contributed by atoms with Crippen LogP contribution in [-0.2, 0) is 16.1 Å². The molecule has 1 amide bonds. The van der Waals surface area contributed by atoms with Crippen LogP contribution in [0.4, 0.5) is 0 Å². The van der Waals surface area contributed by atoms with Crippen LogP contribution < -0.4 is 0 Å². The quantitative estimate of drug-likeness (QED) is 0.852. The lowest BCUT2D eigenvalue weighted by Crippen LogP contribution is -2.25. The summed E-state index contributed by atoms with van der Waals surface area (Å²) < 4.78 is 0. The normalized spacial score (nSPS) is 19.0. The van der Waals surface area contributed by atoms with Gasteiger partial charge < -0.3 is 4.90 Å². The Kier molecular flexibility index (Phi) is 4.30. The van der Waals surface area contributed by atoms with Gasteiger partial charge >= 0.3 is 0 Å². The molecule has 1 heterocycles. The summed E-state index contributed by atoms with van der Waals surface area (Å²) in [6.07, 6.45) is 0.481. The van der Waals surface area contributed by atoms with Crippen molar-refractivity contribution in [1.82, 2.24) is 4.90 Å². The number of amides is 1. The lowest BCUT2D eigenvalue weighted by atomic mass is 10.1. The van der Waals surface area contributed by atoms with E-state index in [9.17, 15) is 9.59 Å². The highest BCUT2D eigenvalue weighted by molar-refractivity contribution is 8.14. The Labute approximate surface area is 118 Å². The molecular weight excluding hydrogens is 258 g/mol. The Hall–Kier alpha value is -1.29. The zero-order chi connectivity index (χ0) is 14.0. The number of thioether (sulfide) groups is 1. The maximum atomic E-state index is 12.0. The molecule has 19 heavy (non-hydrogen) atoms. The van der Waals surface area contributed by atoms with E-state index in [1.807, 2.05) is 4.90 Å². The number of nitrogens with zero attached hydrogens (tertiary/aromatic N) is 1. The third kappa shape index (κ3) is 3.60. The summed E-state index contributed by atoms with van der Waals surface area (Å²) in [6.45, 7) is 7.03. The number of carbonyl (C=O) groups is 2. The first-order valence-electron chi connectivity index (χ1n) is 6.47. The van der Waals surface area contributed by atoms with Crippen LogP contribution in [0.1, 0.15) is 30.0 Å². The lowest BCUT2D eigenvalue weighted by Gasteiger charge is -2.18. The zero-order valence-corrected chi connectivity index (χ0v) is 12.4. The molecule has 1 unspecified atom stereocenters. The van der Waals surface area contributed by atoms with Gasteiger partial charge in [-0.3, -0.25) is 9.59 Å². The number of hydrogen-bond donors (Lipinski definition) is 0. The van der Waals surface area contributed by atoms with Crippen molar-refractivity contribution in [3.63, 3.8) is 0 Å². The van der Waals surface area contributed by atoms with E-state index < -0.39 is 0 Å². The van der Waals surface area contributed by atoms with Crippen molar-refractivity contribution in [3.8, 4) is 0 Å². The predicted molar refractivity (Wildman–Crippen MR) is 78.0 cm³/mol. The third-order valence-electron chi connectivity index (χ3n) is 3.37. The van der Waals surface area contributed by atoms with Crippen molar-refractivity contribution in [2.24, 2.45) is 0 Å². The Morgan fingerprint density at radius 1 is 1.42 bits per heavy atom. The van der Waals surface area contributed by atoms with E-state index in [4.69, 9.17) is 0 Å². The summed E-state index contributed by atoms with van der Waals surface area (Å²) in [5, 5.41) is 0.210. The van der Waals surface area contributed by atoms with Crippen LogP contribution in [0.15, 0.2) is 18.2 Å². The highest BCUT2D eigenvalue weighted by Gasteiger charge is 2.30. The van der Waals surface area contributed by atoms with Gasteiger partial charge in [-0.2, -0.15) is 0 Å². The average Bonchev–Trinajstić information content (AvgIpc) is 2.62. The molecule has 3 nitrogen and oxygen atoms in total. The number of benzene rings is 1. The van der Waals surface area contributed by atoms with Gasteiger partial charge in [0.25, 0.3) is 0 Å². The van der Waals surface area contributed by atoms with E-state index in [-0.39, 0.29) is 16.3 Å². The molecule has 0 bridgehead atoms. The summed E-state index contributed by atoms with van der Waals surface area (Å²) >= 11 is 1.29. The molecule has 0 radical (unpaired) electrons. The number of hydrogen-bond acceptors (Lipinski definition) is 3. The van der Waals surface area contributed by atoms with Crippen molar-refractivity contribution in [2.45, 2.75) is 39.0 Å². The van der Waals surface area contributed by atoms with E-state index >= 15 is 0 Å². The molecule has 0 aliphatic carbocycles. The van der Waals surface area contributed by atoms with Crippen LogP contribution in [0.5, 0.6) is 0 Å². The lowest BCUT2D eigenvalue weighted by molar-refractivity contribution is -0.128. The summed E-state index contributed by atoms with van der Waals surface area (Å²) in [6, 6.07) is 6.30. The molecule has 1 aliphatic rings. The molecule has 0 saturated carbocycles. The van der Waals surface area contributed by atoms with Gasteiger partial charge in [-0.25, -0.2) is 0 Å². The number of rotatable bonds is 3. The van der Waals surface area contributed by atoms with E-state index in [1.54, 1.807) is 6.92 Å². The maximum Gasteiger partial charge on any atom is 0.224 e. The molecule has 1 fully saturated rings. The minimum atomic E-state index is 0.0890. The van der Waals surface area contributed by atoms with Crippen LogP contribution in [0.3, 0.4) is 0 Å². The van der Waals surface area contributed by atoms with Crippen molar-refractivity contribution < 1.29 is 9.59 Å². The molecule has 1 aromatic rings. The van der Waals surface area contributed by atoms with E-state index in [0.717, 1.165) is 0 Å². The van der Waals surface area contributed by atoms with Gasteiger partial charge in [0.1, 0.15) is 0 Å². The van der Waals surface area contributed by atoms with Gasteiger partial charge in [0, 0.05) is 31.7 Å². The smallest absolute Gasteiger partial charge is 0.224 e. The van der Waals surface area contributed by atoms with Crippen LogP contribution in [0, 0.1) is 13.8 Å². The first-order chi connectivity index (χ1) is 8.95. The Balaban J connectivity index is 2.03. The van der Waals surface area contributed by atoms with E-state index in [0.29, 0.717) is 19.5 Å². The maximum absolute atomic E-state index is 12.0.